The van der Waals surface area contributed by atoms with Crippen molar-refractivity contribution in [3.63, 3.8) is 0 Å². The van der Waals surface area contributed by atoms with Crippen LogP contribution in [0.15, 0.2) is 23.8 Å². The molecular weight excluding hydrogens is 184 g/mol. The first-order chi connectivity index (χ1) is 6.52. The molecule has 0 saturated carbocycles. The van der Waals surface area contributed by atoms with Crippen LogP contribution in [-0.4, -0.2) is 6.04 Å². The van der Waals surface area contributed by atoms with Gasteiger partial charge in [-0.2, -0.15) is 0 Å². The highest BCUT2D eigenvalue weighted by molar-refractivity contribution is 5.54. The summed E-state index contributed by atoms with van der Waals surface area (Å²) in [6, 6.07) is 3.59. The Labute approximate surface area is 82.2 Å². The zero-order valence-electron chi connectivity index (χ0n) is 8.22. The monoisotopic (exact) mass is 197 g/mol. The first-order valence-electron chi connectivity index (χ1n) is 4.40. The molecule has 3 heteroatoms. The van der Waals surface area contributed by atoms with Crippen LogP contribution in [0.1, 0.15) is 19.4 Å². The number of halogens is 2. The molecule has 0 bridgehead atoms. The van der Waals surface area contributed by atoms with Gasteiger partial charge < -0.3 is 5.73 Å². The Morgan fingerprint density at radius 1 is 1.36 bits per heavy atom. The lowest BCUT2D eigenvalue weighted by atomic mass is 10.1. The van der Waals surface area contributed by atoms with E-state index >= 15 is 0 Å². The van der Waals surface area contributed by atoms with Crippen molar-refractivity contribution in [1.82, 2.24) is 0 Å². The van der Waals surface area contributed by atoms with Gasteiger partial charge in [0.05, 0.1) is 0 Å². The maximum Gasteiger partial charge on any atom is 0.133 e. The van der Waals surface area contributed by atoms with Crippen molar-refractivity contribution < 1.29 is 8.78 Å². The third-order valence-corrected chi connectivity index (χ3v) is 2.09. The SMILES string of the molecule is C/C(=C\c1c(F)cccc1F)C(C)N. The predicted octanol–water partition coefficient (Wildman–Crippen LogP) is 2.72. The van der Waals surface area contributed by atoms with Crippen LogP contribution in [0.5, 0.6) is 0 Å². The van der Waals surface area contributed by atoms with E-state index < -0.39 is 11.6 Å². The van der Waals surface area contributed by atoms with Gasteiger partial charge in [0.25, 0.3) is 0 Å². The summed E-state index contributed by atoms with van der Waals surface area (Å²) >= 11 is 0. The zero-order valence-corrected chi connectivity index (χ0v) is 8.22. The van der Waals surface area contributed by atoms with Crippen molar-refractivity contribution in [3.8, 4) is 0 Å². The quantitative estimate of drug-likeness (QED) is 0.775. The number of benzene rings is 1. The van der Waals surface area contributed by atoms with Gasteiger partial charge in [-0.25, -0.2) is 8.78 Å². The summed E-state index contributed by atoms with van der Waals surface area (Å²) in [6.45, 7) is 3.52. The second-order valence-corrected chi connectivity index (χ2v) is 3.31. The Morgan fingerprint density at radius 3 is 2.29 bits per heavy atom. The van der Waals surface area contributed by atoms with Gasteiger partial charge in [-0.3, -0.25) is 0 Å². The van der Waals surface area contributed by atoms with Crippen molar-refractivity contribution in [2.75, 3.05) is 0 Å². The van der Waals surface area contributed by atoms with Crippen LogP contribution in [0.25, 0.3) is 6.08 Å². The summed E-state index contributed by atoms with van der Waals surface area (Å²) in [5, 5.41) is 0. The highest BCUT2D eigenvalue weighted by Gasteiger charge is 2.06. The van der Waals surface area contributed by atoms with Gasteiger partial charge in [-0.1, -0.05) is 11.6 Å². The molecule has 1 rings (SSSR count). The van der Waals surface area contributed by atoms with Gasteiger partial charge in [0.1, 0.15) is 11.6 Å². The van der Waals surface area contributed by atoms with E-state index in [9.17, 15) is 8.78 Å². The first kappa shape index (κ1) is 10.9. The minimum atomic E-state index is -0.565. The van der Waals surface area contributed by atoms with Crippen molar-refractivity contribution >= 4 is 6.08 Å². The van der Waals surface area contributed by atoms with Gasteiger partial charge in [0.15, 0.2) is 0 Å². The van der Waals surface area contributed by atoms with Crippen LogP contribution in [-0.2, 0) is 0 Å². The largest absolute Gasteiger partial charge is 0.324 e. The van der Waals surface area contributed by atoms with E-state index in [4.69, 9.17) is 5.73 Å². The molecule has 0 aliphatic rings. The molecule has 0 heterocycles. The van der Waals surface area contributed by atoms with Gasteiger partial charge in [0.2, 0.25) is 0 Å². The molecule has 0 saturated heterocycles. The molecule has 2 N–H and O–H groups in total. The second-order valence-electron chi connectivity index (χ2n) is 3.31. The first-order valence-corrected chi connectivity index (χ1v) is 4.40. The standard InChI is InChI=1S/C11H13F2N/c1-7(8(2)14)6-9-10(12)4-3-5-11(9)13/h3-6,8H,14H2,1-2H3/b7-6+. The molecule has 0 aliphatic carbocycles. The molecule has 0 aromatic heterocycles. The second kappa shape index (κ2) is 4.33. The minimum absolute atomic E-state index is 0.0256. The normalized spacial score (nSPS) is 14.2. The van der Waals surface area contributed by atoms with E-state index in [-0.39, 0.29) is 11.6 Å². The van der Waals surface area contributed by atoms with Gasteiger partial charge in [-0.15, -0.1) is 0 Å². The summed E-state index contributed by atoms with van der Waals surface area (Å²) in [6.07, 6.45) is 1.44. The molecule has 0 fully saturated rings. The maximum absolute atomic E-state index is 13.1. The highest BCUT2D eigenvalue weighted by atomic mass is 19.1. The van der Waals surface area contributed by atoms with Crippen molar-refractivity contribution in [1.29, 1.82) is 0 Å². The summed E-state index contributed by atoms with van der Waals surface area (Å²) in [5.74, 6) is -1.13. The molecule has 0 amide bonds. The maximum atomic E-state index is 13.1. The third kappa shape index (κ3) is 2.39. The lowest BCUT2D eigenvalue weighted by Crippen LogP contribution is -2.15. The Bertz CT molecular complexity index is 336. The summed E-state index contributed by atoms with van der Waals surface area (Å²) < 4.78 is 26.3. The Balaban J connectivity index is 3.14. The van der Waals surface area contributed by atoms with Gasteiger partial charge >= 0.3 is 0 Å². The van der Waals surface area contributed by atoms with Crippen LogP contribution >= 0.6 is 0 Å². The lowest BCUT2D eigenvalue weighted by molar-refractivity contribution is 0.578. The number of rotatable bonds is 2. The fourth-order valence-electron chi connectivity index (χ4n) is 1.01. The average molecular weight is 197 g/mol. The highest BCUT2D eigenvalue weighted by Crippen LogP contribution is 2.16. The fraction of sp³-hybridized carbons (Fsp3) is 0.273. The van der Waals surface area contributed by atoms with Gasteiger partial charge in [-0.05, 0) is 32.1 Å². The van der Waals surface area contributed by atoms with E-state index in [1.54, 1.807) is 13.8 Å². The minimum Gasteiger partial charge on any atom is -0.324 e. The Morgan fingerprint density at radius 2 is 1.86 bits per heavy atom. The van der Waals surface area contributed by atoms with Crippen LogP contribution in [0.2, 0.25) is 0 Å². The van der Waals surface area contributed by atoms with E-state index in [1.165, 1.54) is 24.3 Å². The van der Waals surface area contributed by atoms with E-state index in [1.807, 2.05) is 0 Å². The summed E-state index contributed by atoms with van der Waals surface area (Å²) in [7, 11) is 0. The zero-order chi connectivity index (χ0) is 10.7. The van der Waals surface area contributed by atoms with Crippen molar-refractivity contribution in [2.24, 2.45) is 5.73 Å². The number of hydrogen-bond acceptors (Lipinski definition) is 1. The molecule has 0 aliphatic heterocycles. The summed E-state index contributed by atoms with van der Waals surface area (Å²) in [5.41, 5.74) is 6.29. The van der Waals surface area contributed by atoms with Crippen LogP contribution in [0.4, 0.5) is 8.78 Å². The molecule has 1 atom stereocenters. The molecule has 14 heavy (non-hydrogen) atoms. The Kier molecular flexibility index (Phi) is 3.36. The van der Waals surface area contributed by atoms with E-state index in [0.29, 0.717) is 0 Å². The van der Waals surface area contributed by atoms with Gasteiger partial charge in [0, 0.05) is 11.6 Å². The molecule has 0 radical (unpaired) electrons. The Hall–Kier alpha value is -1.22. The number of nitrogens with two attached hydrogens (primary N) is 1. The molecular formula is C11H13F2N. The van der Waals surface area contributed by atoms with Crippen LogP contribution < -0.4 is 5.73 Å². The lowest BCUT2D eigenvalue weighted by Gasteiger charge is -2.06. The molecule has 1 unspecified atom stereocenters. The van der Waals surface area contributed by atoms with Crippen molar-refractivity contribution in [3.05, 3.63) is 41.0 Å². The topological polar surface area (TPSA) is 26.0 Å². The van der Waals surface area contributed by atoms with Crippen molar-refractivity contribution in [2.45, 2.75) is 19.9 Å². The smallest absolute Gasteiger partial charge is 0.133 e. The van der Waals surface area contributed by atoms with E-state index in [0.717, 1.165) is 5.57 Å². The van der Waals surface area contributed by atoms with Crippen LogP contribution in [0.3, 0.4) is 0 Å². The van der Waals surface area contributed by atoms with Crippen LogP contribution in [0, 0.1) is 11.6 Å². The molecule has 1 aromatic carbocycles. The molecule has 1 nitrogen and oxygen atoms in total. The number of hydrogen-bond donors (Lipinski definition) is 1. The van der Waals surface area contributed by atoms with E-state index in [2.05, 4.69) is 0 Å². The predicted molar refractivity (Wildman–Crippen MR) is 53.7 cm³/mol. The third-order valence-electron chi connectivity index (χ3n) is 2.09. The molecule has 0 spiro atoms. The molecule has 76 valence electrons. The summed E-state index contributed by atoms with van der Waals surface area (Å²) in [4.78, 5) is 0. The average Bonchev–Trinajstić information content (AvgIpc) is 2.11. The fourth-order valence-corrected chi connectivity index (χ4v) is 1.01. The molecule has 1 aromatic rings.